The molecule has 3 heterocycles. The van der Waals surface area contributed by atoms with Crippen LogP contribution in [0.25, 0.3) is 11.0 Å². The van der Waals surface area contributed by atoms with Crippen LogP contribution < -0.4 is 20.1 Å². The van der Waals surface area contributed by atoms with Crippen molar-refractivity contribution in [1.29, 1.82) is 0 Å². The molecule has 1 aliphatic heterocycles. The molecular weight excluding hydrogens is 428 g/mol. The molecule has 0 bridgehead atoms. The number of para-hydroxylation sites is 2. The summed E-state index contributed by atoms with van der Waals surface area (Å²) < 4.78 is 13.5. The number of rotatable bonds is 8. The van der Waals surface area contributed by atoms with Crippen LogP contribution >= 0.6 is 11.8 Å². The average molecular weight is 457 g/mol. The van der Waals surface area contributed by atoms with E-state index in [0.717, 1.165) is 22.6 Å². The Labute approximate surface area is 191 Å². The quantitative estimate of drug-likeness (QED) is 0.394. The van der Waals surface area contributed by atoms with E-state index in [4.69, 9.17) is 9.47 Å². The highest BCUT2D eigenvalue weighted by molar-refractivity contribution is 7.99. The monoisotopic (exact) mass is 456 g/mol. The molecule has 32 heavy (non-hydrogen) atoms. The first kappa shape index (κ1) is 22.2. The Morgan fingerprint density at radius 3 is 2.69 bits per heavy atom. The number of amides is 1. The topological polar surface area (TPSA) is 103 Å². The SMILES string of the molecule is CCSc1nc(NC(C)C)c2cnn(CCNC(=O)C3Oc4ccccc4OC3C)c2n1. The number of fused-ring (bicyclic) bond motifs is 2. The van der Waals surface area contributed by atoms with Crippen molar-refractivity contribution in [1.82, 2.24) is 25.1 Å². The van der Waals surface area contributed by atoms with Gasteiger partial charge >= 0.3 is 0 Å². The third-order valence-electron chi connectivity index (χ3n) is 4.90. The molecule has 0 saturated heterocycles. The third kappa shape index (κ3) is 4.74. The zero-order valence-electron chi connectivity index (χ0n) is 18.7. The van der Waals surface area contributed by atoms with E-state index in [2.05, 4.69) is 46.5 Å². The highest BCUT2D eigenvalue weighted by Crippen LogP contribution is 2.33. The fourth-order valence-corrected chi connectivity index (χ4v) is 4.03. The van der Waals surface area contributed by atoms with Crippen LogP contribution in [0.2, 0.25) is 0 Å². The molecule has 2 atom stereocenters. The minimum absolute atomic E-state index is 0.220. The van der Waals surface area contributed by atoms with E-state index in [0.29, 0.717) is 29.7 Å². The van der Waals surface area contributed by atoms with E-state index in [1.165, 1.54) is 0 Å². The van der Waals surface area contributed by atoms with Gasteiger partial charge in [0, 0.05) is 12.6 Å². The molecule has 10 heteroatoms. The number of thioether (sulfide) groups is 1. The summed E-state index contributed by atoms with van der Waals surface area (Å²) in [6.07, 6.45) is 0.664. The Morgan fingerprint density at radius 1 is 1.22 bits per heavy atom. The van der Waals surface area contributed by atoms with Gasteiger partial charge in [-0.1, -0.05) is 30.8 Å². The molecule has 3 aromatic rings. The number of nitrogens with zero attached hydrogens (tertiary/aromatic N) is 4. The molecule has 1 aliphatic rings. The fourth-order valence-electron chi connectivity index (χ4n) is 3.47. The van der Waals surface area contributed by atoms with E-state index < -0.39 is 6.10 Å². The highest BCUT2D eigenvalue weighted by atomic mass is 32.2. The van der Waals surface area contributed by atoms with Crippen LogP contribution in [0.1, 0.15) is 27.7 Å². The number of aromatic nitrogens is 4. The summed E-state index contributed by atoms with van der Waals surface area (Å²) in [6.45, 7) is 8.89. The van der Waals surface area contributed by atoms with Crippen LogP contribution in [0.3, 0.4) is 0 Å². The van der Waals surface area contributed by atoms with Crippen molar-refractivity contribution in [2.75, 3.05) is 17.6 Å². The van der Waals surface area contributed by atoms with E-state index in [1.807, 2.05) is 25.1 Å². The maximum atomic E-state index is 12.7. The summed E-state index contributed by atoms with van der Waals surface area (Å²) in [5.41, 5.74) is 0.743. The molecule has 0 aliphatic carbocycles. The second-order valence-corrected chi connectivity index (χ2v) is 9.02. The van der Waals surface area contributed by atoms with Gasteiger partial charge in [-0.2, -0.15) is 5.10 Å². The molecule has 0 spiro atoms. The standard InChI is InChI=1S/C22H28N6O3S/c1-5-32-22-26-19(25-13(2)3)15-12-24-28(20(15)27-22)11-10-23-21(29)18-14(4)30-16-8-6-7-9-17(16)31-18/h6-9,12-14,18H,5,10-11H2,1-4H3,(H,23,29)(H,25,26,27). The van der Waals surface area contributed by atoms with Crippen LogP contribution in [0, 0.1) is 0 Å². The first-order valence-corrected chi connectivity index (χ1v) is 11.8. The maximum Gasteiger partial charge on any atom is 0.265 e. The number of hydrogen-bond acceptors (Lipinski definition) is 8. The summed E-state index contributed by atoms with van der Waals surface area (Å²) in [5, 5.41) is 12.3. The molecule has 2 unspecified atom stereocenters. The minimum Gasteiger partial charge on any atom is -0.482 e. The third-order valence-corrected chi connectivity index (χ3v) is 5.63. The van der Waals surface area contributed by atoms with Crippen molar-refractivity contribution >= 4 is 34.5 Å². The van der Waals surface area contributed by atoms with Gasteiger partial charge in [0.1, 0.15) is 11.9 Å². The number of nitrogens with one attached hydrogen (secondary N) is 2. The predicted octanol–water partition coefficient (Wildman–Crippen LogP) is 3.10. The second kappa shape index (κ2) is 9.64. The summed E-state index contributed by atoms with van der Waals surface area (Å²) in [6, 6.07) is 7.59. The number of benzene rings is 1. The average Bonchev–Trinajstić information content (AvgIpc) is 3.16. The number of carbonyl (C=O) groups excluding carboxylic acids is 1. The Balaban J connectivity index is 1.44. The van der Waals surface area contributed by atoms with E-state index in [-0.39, 0.29) is 18.1 Å². The zero-order valence-corrected chi connectivity index (χ0v) is 19.5. The lowest BCUT2D eigenvalue weighted by Gasteiger charge is -2.31. The lowest BCUT2D eigenvalue weighted by atomic mass is 10.1. The molecule has 2 N–H and O–H groups in total. The Morgan fingerprint density at radius 2 is 1.97 bits per heavy atom. The van der Waals surface area contributed by atoms with Crippen LogP contribution in [0.5, 0.6) is 11.5 Å². The smallest absolute Gasteiger partial charge is 0.265 e. The van der Waals surface area contributed by atoms with Gasteiger partial charge < -0.3 is 20.1 Å². The number of ether oxygens (including phenoxy) is 2. The number of carbonyl (C=O) groups is 1. The Bertz CT molecular complexity index is 1100. The van der Waals surface area contributed by atoms with Gasteiger partial charge in [0.2, 0.25) is 6.10 Å². The lowest BCUT2D eigenvalue weighted by molar-refractivity contribution is -0.133. The molecule has 0 radical (unpaired) electrons. The lowest BCUT2D eigenvalue weighted by Crippen LogP contribution is -2.49. The second-order valence-electron chi connectivity index (χ2n) is 7.79. The van der Waals surface area contributed by atoms with Crippen molar-refractivity contribution in [3.05, 3.63) is 30.5 Å². The largest absolute Gasteiger partial charge is 0.482 e. The maximum absolute atomic E-state index is 12.7. The van der Waals surface area contributed by atoms with Crippen molar-refractivity contribution < 1.29 is 14.3 Å². The highest BCUT2D eigenvalue weighted by Gasteiger charge is 2.33. The van der Waals surface area contributed by atoms with Gasteiger partial charge in [-0.05, 0) is 38.7 Å². The molecular formula is C22H28N6O3S. The molecule has 2 aromatic heterocycles. The van der Waals surface area contributed by atoms with Gasteiger partial charge in [0.15, 0.2) is 22.3 Å². The van der Waals surface area contributed by atoms with E-state index >= 15 is 0 Å². The number of hydrogen-bond donors (Lipinski definition) is 2. The normalized spacial score (nSPS) is 17.5. The summed E-state index contributed by atoms with van der Waals surface area (Å²) in [4.78, 5) is 22.0. The Kier molecular flexibility index (Phi) is 6.69. The van der Waals surface area contributed by atoms with Gasteiger partial charge in [-0.3, -0.25) is 4.79 Å². The van der Waals surface area contributed by atoms with Gasteiger partial charge in [0.05, 0.1) is 18.1 Å². The van der Waals surface area contributed by atoms with Crippen LogP contribution in [0.4, 0.5) is 5.82 Å². The summed E-state index contributed by atoms with van der Waals surface area (Å²) >= 11 is 1.58. The van der Waals surface area contributed by atoms with Crippen LogP contribution in [-0.2, 0) is 11.3 Å². The molecule has 1 amide bonds. The first-order valence-electron chi connectivity index (χ1n) is 10.8. The molecule has 0 saturated carbocycles. The molecule has 4 rings (SSSR count). The van der Waals surface area contributed by atoms with Crippen LogP contribution in [0.15, 0.2) is 35.6 Å². The minimum atomic E-state index is -0.712. The molecule has 170 valence electrons. The predicted molar refractivity (Wildman–Crippen MR) is 124 cm³/mol. The van der Waals surface area contributed by atoms with Crippen molar-refractivity contribution in [2.24, 2.45) is 0 Å². The first-order chi connectivity index (χ1) is 15.5. The summed E-state index contributed by atoms with van der Waals surface area (Å²) in [7, 11) is 0. The van der Waals surface area contributed by atoms with Crippen molar-refractivity contribution in [3.8, 4) is 11.5 Å². The summed E-state index contributed by atoms with van der Waals surface area (Å²) in [5.74, 6) is 2.66. The Hall–Kier alpha value is -3.01. The van der Waals surface area contributed by atoms with E-state index in [1.54, 1.807) is 28.7 Å². The van der Waals surface area contributed by atoms with E-state index in [9.17, 15) is 4.79 Å². The fraction of sp³-hybridized carbons (Fsp3) is 0.455. The van der Waals surface area contributed by atoms with Crippen LogP contribution in [-0.4, -0.2) is 56.2 Å². The number of anilines is 1. The van der Waals surface area contributed by atoms with Gasteiger partial charge in [-0.15, -0.1) is 0 Å². The van der Waals surface area contributed by atoms with Crippen molar-refractivity contribution in [2.45, 2.75) is 57.6 Å². The zero-order chi connectivity index (χ0) is 22.7. The molecule has 9 nitrogen and oxygen atoms in total. The molecule has 1 aromatic carbocycles. The van der Waals surface area contributed by atoms with Crippen molar-refractivity contribution in [3.63, 3.8) is 0 Å². The molecule has 0 fully saturated rings. The van der Waals surface area contributed by atoms with Gasteiger partial charge in [0.25, 0.3) is 5.91 Å². The van der Waals surface area contributed by atoms with Gasteiger partial charge in [-0.25, -0.2) is 14.6 Å².